The van der Waals surface area contributed by atoms with E-state index >= 15 is 0 Å². The van der Waals surface area contributed by atoms with Gasteiger partial charge in [-0.15, -0.1) is 11.8 Å². The van der Waals surface area contributed by atoms with Crippen LogP contribution in [0.5, 0.6) is 0 Å². The van der Waals surface area contributed by atoms with Gasteiger partial charge in [-0.1, -0.05) is 0 Å². The fourth-order valence-electron chi connectivity index (χ4n) is 1.56. The van der Waals surface area contributed by atoms with Gasteiger partial charge in [-0.3, -0.25) is 0 Å². The van der Waals surface area contributed by atoms with Crippen molar-refractivity contribution in [3.8, 4) is 0 Å². The number of rotatable bonds is 3. The molecule has 72 valence electrons. The number of hydrogen-bond acceptors (Lipinski definition) is 4. The zero-order chi connectivity index (χ0) is 9.14. The first kappa shape index (κ1) is 10.3. The van der Waals surface area contributed by atoms with E-state index in [9.17, 15) is 0 Å². The average molecular weight is 190 g/mol. The number of thioether (sulfide) groups is 1. The summed E-state index contributed by atoms with van der Waals surface area (Å²) in [7, 11) is 5.96. The molecule has 0 aliphatic carbocycles. The Morgan fingerprint density at radius 3 is 2.50 bits per heavy atom. The van der Waals surface area contributed by atoms with Crippen LogP contribution >= 0.6 is 11.8 Å². The molecule has 12 heavy (non-hydrogen) atoms. The molecule has 4 heteroatoms. The third-order valence-corrected chi connectivity index (χ3v) is 3.29. The smallest absolute Gasteiger partial charge is 0.0736 e. The molecule has 2 atom stereocenters. The van der Waals surface area contributed by atoms with Gasteiger partial charge in [-0.05, 0) is 6.26 Å². The van der Waals surface area contributed by atoms with Crippen LogP contribution in [0.4, 0.5) is 0 Å². The third kappa shape index (κ3) is 2.13. The highest BCUT2D eigenvalue weighted by atomic mass is 32.2. The van der Waals surface area contributed by atoms with Gasteiger partial charge in [0.15, 0.2) is 0 Å². The fourth-order valence-corrected chi connectivity index (χ4v) is 2.48. The number of nitrogens with zero attached hydrogens (tertiary/aromatic N) is 2. The number of hydrogen-bond donors (Lipinski definition) is 0. The molecule has 0 radical (unpaired) electrons. The molecule has 0 amide bonds. The SMILES string of the molecule is COC1CC(SC)N(N(C)C)C1. The molecule has 0 aromatic carbocycles. The lowest BCUT2D eigenvalue weighted by Gasteiger charge is -2.28. The molecule has 1 aliphatic heterocycles. The van der Waals surface area contributed by atoms with Gasteiger partial charge in [0, 0.05) is 34.2 Å². The van der Waals surface area contributed by atoms with Gasteiger partial charge in [0.2, 0.25) is 0 Å². The minimum atomic E-state index is 0.407. The Bertz CT molecular complexity index is 143. The molecule has 3 nitrogen and oxygen atoms in total. The summed E-state index contributed by atoms with van der Waals surface area (Å²) in [6, 6.07) is 0. The molecular weight excluding hydrogens is 172 g/mol. The second kappa shape index (κ2) is 4.46. The number of hydrazine groups is 1. The highest BCUT2D eigenvalue weighted by molar-refractivity contribution is 7.99. The molecule has 1 heterocycles. The van der Waals surface area contributed by atoms with Gasteiger partial charge in [0.1, 0.15) is 0 Å². The van der Waals surface area contributed by atoms with E-state index in [1.807, 2.05) is 11.8 Å². The van der Waals surface area contributed by atoms with Crippen LogP contribution < -0.4 is 0 Å². The van der Waals surface area contributed by atoms with Gasteiger partial charge in [0.05, 0.1) is 11.5 Å². The quantitative estimate of drug-likeness (QED) is 0.656. The Morgan fingerprint density at radius 1 is 1.50 bits per heavy atom. The maximum absolute atomic E-state index is 5.34. The van der Waals surface area contributed by atoms with Gasteiger partial charge < -0.3 is 4.74 Å². The molecule has 0 N–H and O–H groups in total. The summed E-state index contributed by atoms with van der Waals surface area (Å²) in [6.45, 7) is 1.02. The second-order valence-corrected chi connectivity index (χ2v) is 4.27. The molecule has 0 spiro atoms. The average Bonchev–Trinajstić information content (AvgIpc) is 2.47. The van der Waals surface area contributed by atoms with Crippen LogP contribution in [0.15, 0.2) is 0 Å². The summed E-state index contributed by atoms with van der Waals surface area (Å²) in [4.78, 5) is 0. The molecule has 0 saturated carbocycles. The zero-order valence-corrected chi connectivity index (χ0v) is 9.10. The van der Waals surface area contributed by atoms with E-state index in [1.54, 1.807) is 7.11 Å². The Kier molecular flexibility index (Phi) is 3.83. The van der Waals surface area contributed by atoms with E-state index in [1.165, 1.54) is 0 Å². The van der Waals surface area contributed by atoms with Crippen LogP contribution in [-0.2, 0) is 4.74 Å². The maximum Gasteiger partial charge on any atom is 0.0736 e. The largest absolute Gasteiger partial charge is 0.380 e. The van der Waals surface area contributed by atoms with Crippen molar-refractivity contribution in [1.29, 1.82) is 0 Å². The van der Waals surface area contributed by atoms with Crippen molar-refractivity contribution in [2.24, 2.45) is 0 Å². The van der Waals surface area contributed by atoms with Crippen molar-refractivity contribution < 1.29 is 4.74 Å². The Labute approximate surface area is 79.0 Å². The van der Waals surface area contributed by atoms with E-state index in [2.05, 4.69) is 30.4 Å². The molecule has 0 aromatic heterocycles. The van der Waals surface area contributed by atoms with Crippen LogP contribution in [0.1, 0.15) is 6.42 Å². The summed E-state index contributed by atoms with van der Waals surface area (Å²) < 4.78 is 5.34. The van der Waals surface area contributed by atoms with Crippen molar-refractivity contribution >= 4 is 11.8 Å². The first-order chi connectivity index (χ1) is 5.69. The molecule has 2 unspecified atom stereocenters. The maximum atomic E-state index is 5.34. The standard InChI is InChI=1S/C8H18N2OS/c1-9(2)10-6-7(11-3)5-8(10)12-4/h7-8H,5-6H2,1-4H3. The third-order valence-electron chi connectivity index (χ3n) is 2.31. The Morgan fingerprint density at radius 2 is 2.17 bits per heavy atom. The Balaban J connectivity index is 2.50. The summed E-state index contributed by atoms with van der Waals surface area (Å²) in [6.07, 6.45) is 3.69. The molecule has 1 saturated heterocycles. The second-order valence-electron chi connectivity index (χ2n) is 3.25. The first-order valence-electron chi connectivity index (χ1n) is 4.18. The van der Waals surface area contributed by atoms with Gasteiger partial charge in [0.25, 0.3) is 0 Å². The van der Waals surface area contributed by atoms with Crippen LogP contribution in [0.2, 0.25) is 0 Å². The predicted molar refractivity (Wildman–Crippen MR) is 53.1 cm³/mol. The van der Waals surface area contributed by atoms with E-state index < -0.39 is 0 Å². The summed E-state index contributed by atoms with van der Waals surface area (Å²) in [5.74, 6) is 0. The van der Waals surface area contributed by atoms with Gasteiger partial charge in [-0.25, -0.2) is 10.0 Å². The number of methoxy groups -OCH3 is 1. The van der Waals surface area contributed by atoms with Crippen LogP contribution in [0.3, 0.4) is 0 Å². The molecule has 1 rings (SSSR count). The van der Waals surface area contributed by atoms with Gasteiger partial charge in [-0.2, -0.15) is 0 Å². The Hall–Kier alpha value is 0.230. The van der Waals surface area contributed by atoms with Crippen molar-refractivity contribution in [3.63, 3.8) is 0 Å². The molecule has 1 aliphatic rings. The molecule has 1 fully saturated rings. The monoisotopic (exact) mass is 190 g/mol. The van der Waals surface area contributed by atoms with Crippen molar-refractivity contribution in [1.82, 2.24) is 10.0 Å². The van der Waals surface area contributed by atoms with Crippen LogP contribution in [0, 0.1) is 0 Å². The van der Waals surface area contributed by atoms with Crippen molar-refractivity contribution in [3.05, 3.63) is 0 Å². The predicted octanol–water partition coefficient (Wildman–Crippen LogP) is 0.873. The molecular formula is C8H18N2OS. The van der Waals surface area contributed by atoms with Gasteiger partial charge >= 0.3 is 0 Å². The fraction of sp³-hybridized carbons (Fsp3) is 1.00. The summed E-state index contributed by atoms with van der Waals surface area (Å²) in [5.41, 5.74) is 0. The normalized spacial score (nSPS) is 31.8. The van der Waals surface area contributed by atoms with Crippen molar-refractivity contribution in [2.45, 2.75) is 17.9 Å². The highest BCUT2D eigenvalue weighted by Gasteiger charge is 2.32. The lowest BCUT2D eigenvalue weighted by molar-refractivity contribution is 0.0204. The highest BCUT2D eigenvalue weighted by Crippen LogP contribution is 2.27. The lowest BCUT2D eigenvalue weighted by atomic mass is 10.3. The summed E-state index contributed by atoms with van der Waals surface area (Å²) in [5, 5.41) is 5.09. The molecule has 0 aromatic rings. The summed E-state index contributed by atoms with van der Waals surface area (Å²) >= 11 is 1.89. The topological polar surface area (TPSA) is 15.7 Å². The zero-order valence-electron chi connectivity index (χ0n) is 8.28. The number of ether oxygens (including phenoxy) is 1. The van der Waals surface area contributed by atoms with Crippen LogP contribution in [-0.4, -0.2) is 55.5 Å². The van der Waals surface area contributed by atoms with E-state index in [-0.39, 0.29) is 0 Å². The first-order valence-corrected chi connectivity index (χ1v) is 5.47. The van der Waals surface area contributed by atoms with Crippen LogP contribution in [0.25, 0.3) is 0 Å². The van der Waals surface area contributed by atoms with E-state index in [0.717, 1.165) is 13.0 Å². The molecule has 0 bridgehead atoms. The lowest BCUT2D eigenvalue weighted by Crippen LogP contribution is -2.39. The van der Waals surface area contributed by atoms with E-state index in [4.69, 9.17) is 4.74 Å². The van der Waals surface area contributed by atoms with Crippen molar-refractivity contribution in [2.75, 3.05) is 34.0 Å². The minimum Gasteiger partial charge on any atom is -0.380 e. The minimum absolute atomic E-state index is 0.407. The van der Waals surface area contributed by atoms with E-state index in [0.29, 0.717) is 11.5 Å².